The van der Waals surface area contributed by atoms with E-state index in [2.05, 4.69) is 45.2 Å². The predicted molar refractivity (Wildman–Crippen MR) is 64.2 cm³/mol. The van der Waals surface area contributed by atoms with Crippen molar-refractivity contribution in [2.75, 3.05) is 0 Å². The molecule has 0 N–H and O–H groups in total. The molecule has 1 atom stereocenters. The number of allylic oxidation sites excluding steroid dienone is 1. The molecule has 1 rings (SSSR count). The van der Waals surface area contributed by atoms with Crippen molar-refractivity contribution in [3.63, 3.8) is 0 Å². The maximum atomic E-state index is 4.04. The van der Waals surface area contributed by atoms with E-state index >= 15 is 0 Å². The van der Waals surface area contributed by atoms with Crippen molar-refractivity contribution >= 4 is 6.08 Å². The Hall–Kier alpha value is -1.30. The molecule has 0 bridgehead atoms. The van der Waals surface area contributed by atoms with Gasteiger partial charge in [0.1, 0.15) is 0 Å². The zero-order chi connectivity index (χ0) is 10.6. The van der Waals surface area contributed by atoms with Crippen LogP contribution in [0.5, 0.6) is 0 Å². The largest absolute Gasteiger partial charge is 0.102 e. The Morgan fingerprint density at radius 3 is 2.57 bits per heavy atom. The molecule has 0 aliphatic heterocycles. The molecule has 0 amide bonds. The first-order valence-electron chi connectivity index (χ1n) is 4.94. The molecule has 0 fully saturated rings. The zero-order valence-electron chi connectivity index (χ0n) is 8.79. The Balaban J connectivity index is 3.28. The van der Waals surface area contributed by atoms with E-state index < -0.39 is 0 Å². The maximum Gasteiger partial charge on any atom is 0.00216 e. The number of rotatable bonds is 4. The highest BCUT2D eigenvalue weighted by Gasteiger charge is 2.07. The van der Waals surface area contributed by atoms with Gasteiger partial charge in [-0.2, -0.15) is 0 Å². The molecule has 14 heavy (non-hydrogen) atoms. The average molecular weight is 185 g/mol. The van der Waals surface area contributed by atoms with Gasteiger partial charge in [-0.3, -0.25) is 0 Å². The van der Waals surface area contributed by atoms with Crippen LogP contribution in [0.25, 0.3) is 6.08 Å². The molecule has 0 heterocycles. The van der Waals surface area contributed by atoms with Crippen LogP contribution in [-0.4, -0.2) is 0 Å². The molecular formula is C14H17. The minimum atomic E-state index is 0.148. The quantitative estimate of drug-likeness (QED) is 0.622. The topological polar surface area (TPSA) is 0 Å². The monoisotopic (exact) mass is 185 g/mol. The van der Waals surface area contributed by atoms with E-state index in [1.54, 1.807) is 0 Å². The highest BCUT2D eigenvalue weighted by molar-refractivity contribution is 5.58. The zero-order valence-corrected chi connectivity index (χ0v) is 8.79. The van der Waals surface area contributed by atoms with Crippen LogP contribution in [0, 0.1) is 6.92 Å². The maximum absolute atomic E-state index is 4.04. The third kappa shape index (κ3) is 1.95. The molecule has 0 heteroatoms. The van der Waals surface area contributed by atoms with Crippen molar-refractivity contribution in [1.29, 1.82) is 0 Å². The SMILES string of the molecule is [CH2]C(C=C)c1cccc(CC)c1C=C. The molecule has 0 aliphatic carbocycles. The number of hydrogen-bond donors (Lipinski definition) is 0. The lowest BCUT2D eigenvalue weighted by atomic mass is 9.91. The van der Waals surface area contributed by atoms with Crippen LogP contribution in [0.1, 0.15) is 29.5 Å². The standard InChI is InChI=1S/C14H17/c1-5-11(4)14-10-8-9-12(6-2)13(14)7-3/h5,7-11H,1,3-4,6H2,2H3. The van der Waals surface area contributed by atoms with Crippen molar-refractivity contribution in [3.05, 3.63) is 61.0 Å². The first-order chi connectivity index (χ1) is 6.74. The van der Waals surface area contributed by atoms with E-state index in [0.717, 1.165) is 6.42 Å². The lowest BCUT2D eigenvalue weighted by molar-refractivity contribution is 1.04. The minimum Gasteiger partial charge on any atom is -0.102 e. The van der Waals surface area contributed by atoms with Gasteiger partial charge in [0.2, 0.25) is 0 Å². The Bertz CT molecular complexity index is 334. The molecule has 1 radical (unpaired) electrons. The number of benzene rings is 1. The van der Waals surface area contributed by atoms with Crippen LogP contribution in [-0.2, 0) is 6.42 Å². The Morgan fingerprint density at radius 2 is 2.07 bits per heavy atom. The third-order valence-corrected chi connectivity index (χ3v) is 2.50. The van der Waals surface area contributed by atoms with Gasteiger partial charge in [0, 0.05) is 5.92 Å². The van der Waals surface area contributed by atoms with Crippen LogP contribution in [0.4, 0.5) is 0 Å². The first kappa shape index (κ1) is 10.8. The summed E-state index contributed by atoms with van der Waals surface area (Å²) < 4.78 is 0. The van der Waals surface area contributed by atoms with Crippen molar-refractivity contribution in [1.82, 2.24) is 0 Å². The lowest BCUT2D eigenvalue weighted by Crippen LogP contribution is -1.97. The predicted octanol–water partition coefficient (Wildman–Crippen LogP) is 4.00. The summed E-state index contributed by atoms with van der Waals surface area (Å²) in [7, 11) is 0. The van der Waals surface area contributed by atoms with E-state index in [9.17, 15) is 0 Å². The summed E-state index contributed by atoms with van der Waals surface area (Å²) in [4.78, 5) is 0. The smallest absolute Gasteiger partial charge is 0.00216 e. The van der Waals surface area contributed by atoms with Crippen molar-refractivity contribution in [2.24, 2.45) is 0 Å². The van der Waals surface area contributed by atoms with Crippen LogP contribution in [0.3, 0.4) is 0 Å². The van der Waals surface area contributed by atoms with Gasteiger partial charge in [-0.1, -0.05) is 43.9 Å². The fourth-order valence-corrected chi connectivity index (χ4v) is 1.64. The molecule has 0 aliphatic rings. The Labute approximate surface area is 87.0 Å². The highest BCUT2D eigenvalue weighted by atomic mass is 14.1. The second-order valence-corrected chi connectivity index (χ2v) is 3.32. The van der Waals surface area contributed by atoms with E-state index in [1.807, 2.05) is 12.2 Å². The van der Waals surface area contributed by atoms with Crippen LogP contribution in [0.15, 0.2) is 37.4 Å². The van der Waals surface area contributed by atoms with Crippen LogP contribution < -0.4 is 0 Å². The summed E-state index contributed by atoms with van der Waals surface area (Å²) >= 11 is 0. The second-order valence-electron chi connectivity index (χ2n) is 3.32. The Morgan fingerprint density at radius 1 is 1.36 bits per heavy atom. The van der Waals surface area contributed by atoms with Crippen LogP contribution >= 0.6 is 0 Å². The number of hydrogen-bond acceptors (Lipinski definition) is 0. The van der Waals surface area contributed by atoms with Gasteiger partial charge < -0.3 is 0 Å². The summed E-state index contributed by atoms with van der Waals surface area (Å²) in [6.45, 7) is 13.8. The summed E-state index contributed by atoms with van der Waals surface area (Å²) in [5, 5.41) is 0. The molecule has 73 valence electrons. The summed E-state index contributed by atoms with van der Waals surface area (Å²) in [6, 6.07) is 6.30. The van der Waals surface area contributed by atoms with Gasteiger partial charge >= 0.3 is 0 Å². The molecule has 0 saturated heterocycles. The van der Waals surface area contributed by atoms with E-state index in [4.69, 9.17) is 0 Å². The van der Waals surface area contributed by atoms with E-state index in [1.165, 1.54) is 16.7 Å². The first-order valence-corrected chi connectivity index (χ1v) is 4.94. The normalized spacial score (nSPS) is 12.1. The second kappa shape index (κ2) is 4.80. The van der Waals surface area contributed by atoms with Gasteiger partial charge in [-0.05, 0) is 30.0 Å². The van der Waals surface area contributed by atoms with Crippen molar-refractivity contribution in [2.45, 2.75) is 19.3 Å². The van der Waals surface area contributed by atoms with Crippen molar-refractivity contribution < 1.29 is 0 Å². The molecule has 1 unspecified atom stereocenters. The Kier molecular flexibility index (Phi) is 3.70. The van der Waals surface area contributed by atoms with Crippen LogP contribution in [0.2, 0.25) is 0 Å². The molecular weight excluding hydrogens is 168 g/mol. The third-order valence-electron chi connectivity index (χ3n) is 2.50. The molecule has 0 aromatic heterocycles. The molecule has 1 aromatic rings. The summed E-state index contributed by atoms with van der Waals surface area (Å²) in [5.41, 5.74) is 3.76. The summed E-state index contributed by atoms with van der Waals surface area (Å²) in [6.07, 6.45) is 4.80. The van der Waals surface area contributed by atoms with E-state index in [-0.39, 0.29) is 5.92 Å². The highest BCUT2D eigenvalue weighted by Crippen LogP contribution is 2.24. The molecule has 0 nitrogen and oxygen atoms in total. The number of aryl methyl sites for hydroxylation is 1. The average Bonchev–Trinajstić information content (AvgIpc) is 2.26. The fraction of sp³-hybridized carbons (Fsp3) is 0.214. The summed E-state index contributed by atoms with van der Waals surface area (Å²) in [5.74, 6) is 0.148. The van der Waals surface area contributed by atoms with Crippen molar-refractivity contribution in [3.8, 4) is 0 Å². The fourth-order valence-electron chi connectivity index (χ4n) is 1.64. The van der Waals surface area contributed by atoms with Gasteiger partial charge in [0.15, 0.2) is 0 Å². The van der Waals surface area contributed by atoms with E-state index in [0.29, 0.717) is 0 Å². The van der Waals surface area contributed by atoms with Gasteiger partial charge in [-0.25, -0.2) is 0 Å². The van der Waals surface area contributed by atoms with Gasteiger partial charge in [0.25, 0.3) is 0 Å². The van der Waals surface area contributed by atoms with Gasteiger partial charge in [-0.15, -0.1) is 6.58 Å². The molecule has 1 aromatic carbocycles. The molecule has 0 spiro atoms. The lowest BCUT2D eigenvalue weighted by Gasteiger charge is -2.13. The van der Waals surface area contributed by atoms with Gasteiger partial charge in [0.05, 0.1) is 0 Å². The minimum absolute atomic E-state index is 0.148. The molecule has 0 saturated carbocycles.